The molecule has 10 nitrogen and oxygen atoms in total. The lowest BCUT2D eigenvalue weighted by Crippen LogP contribution is -2.30. The van der Waals surface area contributed by atoms with E-state index in [1.807, 2.05) is 31.2 Å². The molecule has 0 atom stereocenters. The number of aromatic nitrogens is 3. The molecule has 2 aromatic heterocycles. The van der Waals surface area contributed by atoms with Crippen LogP contribution in [0.15, 0.2) is 74.9 Å². The Morgan fingerprint density at radius 1 is 1.05 bits per heavy atom. The first kappa shape index (κ1) is 25.3. The van der Waals surface area contributed by atoms with Crippen LogP contribution in [0.3, 0.4) is 0 Å². The fraction of sp³-hybridized carbons (Fsp3) is 0.222. The van der Waals surface area contributed by atoms with Crippen LogP contribution in [-0.2, 0) is 21.3 Å². The average molecular weight is 536 g/mol. The van der Waals surface area contributed by atoms with E-state index >= 15 is 0 Å². The molecule has 0 amide bonds. The molecule has 11 heteroatoms. The summed E-state index contributed by atoms with van der Waals surface area (Å²) in [5.41, 5.74) is 1.73. The molecule has 0 aliphatic heterocycles. The Morgan fingerprint density at radius 3 is 2.53 bits per heavy atom. The number of carbonyl (C=O) groups is 1. The highest BCUT2D eigenvalue weighted by molar-refractivity contribution is 7.90. The molecule has 0 radical (unpaired) electrons. The summed E-state index contributed by atoms with van der Waals surface area (Å²) in [6, 6.07) is 15.7. The van der Waals surface area contributed by atoms with Crippen LogP contribution >= 0.6 is 0 Å². The minimum absolute atomic E-state index is 0.109. The highest BCUT2D eigenvalue weighted by Crippen LogP contribution is 2.28. The fourth-order valence-corrected chi connectivity index (χ4v) is 5.68. The van der Waals surface area contributed by atoms with Crippen molar-refractivity contribution in [1.82, 2.24) is 13.7 Å². The molecular weight excluding hydrogens is 510 g/mol. The van der Waals surface area contributed by atoms with Gasteiger partial charge in [-0.2, -0.15) is 3.97 Å². The molecule has 0 aliphatic carbocycles. The normalized spacial score (nSPS) is 11.8. The van der Waals surface area contributed by atoms with Gasteiger partial charge in [0.15, 0.2) is 5.58 Å². The van der Waals surface area contributed by atoms with Gasteiger partial charge < -0.3 is 14.0 Å². The summed E-state index contributed by atoms with van der Waals surface area (Å²) < 4.78 is 45.5. The van der Waals surface area contributed by atoms with Crippen LogP contribution in [-0.4, -0.2) is 41.8 Å². The molecule has 0 saturated heterocycles. The Kier molecular flexibility index (Phi) is 6.53. The van der Waals surface area contributed by atoms with Crippen LogP contribution in [0.2, 0.25) is 0 Å². The summed E-state index contributed by atoms with van der Waals surface area (Å²) in [5.74, 6) is 0.0627. The third-order valence-corrected chi connectivity index (χ3v) is 7.89. The zero-order valence-electron chi connectivity index (χ0n) is 21.0. The van der Waals surface area contributed by atoms with E-state index in [1.54, 1.807) is 13.0 Å². The minimum Gasteiger partial charge on any atom is -0.494 e. The summed E-state index contributed by atoms with van der Waals surface area (Å²) in [5, 5.41) is 4.65. The van der Waals surface area contributed by atoms with Gasteiger partial charge >= 0.3 is 11.7 Å². The lowest BCUT2D eigenvalue weighted by Gasteiger charge is -2.08. The minimum atomic E-state index is -4.35. The van der Waals surface area contributed by atoms with E-state index in [4.69, 9.17) is 9.26 Å². The number of rotatable bonds is 8. The number of ether oxygens (including phenoxy) is 2. The van der Waals surface area contributed by atoms with Crippen LogP contribution < -0.4 is 10.4 Å². The molecule has 0 N–H and O–H groups in total. The number of hydrogen-bond acceptors (Lipinski definition) is 8. The lowest BCUT2D eigenvalue weighted by atomic mass is 10.2. The molecule has 0 unspecified atom stereocenters. The van der Waals surface area contributed by atoms with Gasteiger partial charge in [0, 0.05) is 11.5 Å². The Labute approximate surface area is 218 Å². The Morgan fingerprint density at radius 2 is 1.82 bits per heavy atom. The van der Waals surface area contributed by atoms with Crippen LogP contribution in [0.25, 0.3) is 22.0 Å². The van der Waals surface area contributed by atoms with E-state index in [9.17, 15) is 18.0 Å². The van der Waals surface area contributed by atoms with Gasteiger partial charge in [0.1, 0.15) is 5.75 Å². The maximum atomic E-state index is 13.8. The summed E-state index contributed by atoms with van der Waals surface area (Å²) in [7, 11) is -3.12. The summed E-state index contributed by atoms with van der Waals surface area (Å²) in [6.07, 6.45) is 0.851. The van der Waals surface area contributed by atoms with Crippen molar-refractivity contribution in [3.8, 4) is 5.75 Å². The van der Waals surface area contributed by atoms with Crippen molar-refractivity contribution in [3.63, 3.8) is 0 Å². The third-order valence-electron chi connectivity index (χ3n) is 6.19. The van der Waals surface area contributed by atoms with Gasteiger partial charge in [-0.1, -0.05) is 24.2 Å². The quantitative estimate of drug-likeness (QED) is 0.272. The summed E-state index contributed by atoms with van der Waals surface area (Å²) >= 11 is 0. The van der Waals surface area contributed by atoms with Gasteiger partial charge in [-0.3, -0.25) is 4.57 Å². The molecule has 196 valence electrons. The average Bonchev–Trinajstić information content (AvgIpc) is 3.42. The zero-order chi connectivity index (χ0) is 27.0. The van der Waals surface area contributed by atoms with Crippen LogP contribution in [0.5, 0.6) is 5.75 Å². The van der Waals surface area contributed by atoms with Crippen molar-refractivity contribution in [3.05, 3.63) is 88.0 Å². The van der Waals surface area contributed by atoms with Crippen LogP contribution in [0.4, 0.5) is 0 Å². The number of hydrogen-bond donors (Lipinski definition) is 0. The van der Waals surface area contributed by atoms with E-state index in [0.717, 1.165) is 16.0 Å². The first-order chi connectivity index (χ1) is 18.2. The van der Waals surface area contributed by atoms with Gasteiger partial charge in [0.05, 0.1) is 47.4 Å². The number of aryl methyl sites for hydroxylation is 1. The third kappa shape index (κ3) is 4.34. The first-order valence-electron chi connectivity index (χ1n) is 11.9. The monoisotopic (exact) mass is 535 g/mol. The molecule has 0 spiro atoms. The largest absolute Gasteiger partial charge is 0.494 e. The smallest absolute Gasteiger partial charge is 0.343 e. The molecule has 5 aromatic rings. The zero-order valence-corrected chi connectivity index (χ0v) is 21.8. The van der Waals surface area contributed by atoms with Crippen LogP contribution in [0.1, 0.15) is 35.0 Å². The first-order valence-corrected chi connectivity index (χ1v) is 13.4. The van der Waals surface area contributed by atoms with Gasteiger partial charge in [0.2, 0.25) is 0 Å². The fourth-order valence-electron chi connectivity index (χ4n) is 4.28. The second-order valence-electron chi connectivity index (χ2n) is 8.76. The van der Waals surface area contributed by atoms with Crippen molar-refractivity contribution in [1.29, 1.82) is 0 Å². The Balaban J connectivity index is 1.69. The Bertz CT molecular complexity index is 1830. The molecule has 0 saturated carbocycles. The molecule has 2 heterocycles. The number of benzene rings is 3. The van der Waals surface area contributed by atoms with Crippen molar-refractivity contribution in [2.45, 2.75) is 31.7 Å². The maximum Gasteiger partial charge on any atom is 0.343 e. The van der Waals surface area contributed by atoms with Gasteiger partial charge in [-0.05, 0) is 61.4 Å². The Hall–Kier alpha value is -4.38. The highest BCUT2D eigenvalue weighted by atomic mass is 32.2. The summed E-state index contributed by atoms with van der Waals surface area (Å²) in [6.45, 7) is 4.44. The van der Waals surface area contributed by atoms with Crippen molar-refractivity contribution in [2.75, 3.05) is 13.7 Å². The highest BCUT2D eigenvalue weighted by Gasteiger charge is 2.27. The molecule has 0 fully saturated rings. The molecular formula is C27H25N3O7S. The molecule has 38 heavy (non-hydrogen) atoms. The van der Waals surface area contributed by atoms with E-state index in [-0.39, 0.29) is 22.5 Å². The number of fused-ring (bicyclic) bond motifs is 2. The maximum absolute atomic E-state index is 13.8. The standard InChI is InChI=1S/C27H25N3O7S/c1-4-12-36-20-7-5-6-18(13-20)16-29-23-14-22-17(2)28-37-25(22)15-24(23)30(27(29)32)38(33,34)21-10-8-19(9-11-21)26(31)35-3/h5-11,13-15H,4,12,16H2,1-3H3. The number of carbonyl (C=O) groups excluding carboxylic acids is 1. The predicted molar refractivity (Wildman–Crippen MR) is 140 cm³/mol. The van der Waals surface area contributed by atoms with E-state index < -0.39 is 21.7 Å². The molecule has 0 bridgehead atoms. The van der Waals surface area contributed by atoms with Gasteiger partial charge in [-0.25, -0.2) is 18.0 Å². The second-order valence-corrected chi connectivity index (χ2v) is 10.5. The van der Waals surface area contributed by atoms with Gasteiger partial charge in [0.25, 0.3) is 10.0 Å². The predicted octanol–water partition coefficient (Wildman–Crippen LogP) is 4.11. The SMILES string of the molecule is CCCOc1cccc(Cn2c(=O)n(S(=O)(=O)c3ccc(C(=O)OC)cc3)c3cc4onc(C)c4cc32)c1. The molecule has 3 aromatic carbocycles. The number of esters is 1. The molecule has 0 aliphatic rings. The topological polar surface area (TPSA) is 123 Å². The van der Waals surface area contributed by atoms with Crippen molar-refractivity contribution >= 4 is 38.0 Å². The van der Waals surface area contributed by atoms with E-state index in [2.05, 4.69) is 9.89 Å². The van der Waals surface area contributed by atoms with E-state index in [1.165, 1.54) is 42.0 Å². The van der Waals surface area contributed by atoms with Crippen molar-refractivity contribution < 1.29 is 27.2 Å². The molecule has 5 rings (SSSR count). The second kappa shape index (κ2) is 9.82. The summed E-state index contributed by atoms with van der Waals surface area (Å²) in [4.78, 5) is 25.4. The van der Waals surface area contributed by atoms with E-state index in [0.29, 0.717) is 34.5 Å². The van der Waals surface area contributed by atoms with Crippen LogP contribution in [0, 0.1) is 6.92 Å². The number of imidazole rings is 1. The lowest BCUT2D eigenvalue weighted by molar-refractivity contribution is 0.0600. The van der Waals surface area contributed by atoms with Gasteiger partial charge in [-0.15, -0.1) is 0 Å². The number of nitrogens with zero attached hydrogens (tertiary/aromatic N) is 3. The number of methoxy groups -OCH3 is 1. The van der Waals surface area contributed by atoms with Crippen molar-refractivity contribution in [2.24, 2.45) is 0 Å².